The van der Waals surface area contributed by atoms with Crippen molar-refractivity contribution in [2.45, 2.75) is 52.9 Å². The minimum atomic E-state index is -0.211. The van der Waals surface area contributed by atoms with E-state index in [1.54, 1.807) is 5.48 Å². The first-order chi connectivity index (χ1) is 6.65. The molecule has 0 unspecified atom stereocenters. The van der Waals surface area contributed by atoms with E-state index in [0.29, 0.717) is 0 Å². The molecular weight excluding hydrogens is 178 g/mol. The van der Waals surface area contributed by atoms with Gasteiger partial charge in [0.2, 0.25) is 5.91 Å². The standard InChI is InChI=1S/C8H15NO2.C3H8/c1-6-2-4-7(5-3-6)8(10)9-11;1-3-2/h6-7,11H,2-5H2,1H3,(H,9,10);3H2,1-2H3. The lowest BCUT2D eigenvalue weighted by Gasteiger charge is -2.23. The lowest BCUT2D eigenvalue weighted by atomic mass is 9.83. The largest absolute Gasteiger partial charge is 0.289 e. The maximum atomic E-state index is 10.9. The number of hydrogen-bond donors (Lipinski definition) is 2. The van der Waals surface area contributed by atoms with Crippen LogP contribution < -0.4 is 5.48 Å². The van der Waals surface area contributed by atoms with Gasteiger partial charge in [-0.2, -0.15) is 0 Å². The molecule has 0 saturated heterocycles. The Kier molecular flexibility index (Phi) is 7.48. The van der Waals surface area contributed by atoms with E-state index in [1.807, 2.05) is 0 Å². The fraction of sp³-hybridized carbons (Fsp3) is 0.909. The summed E-state index contributed by atoms with van der Waals surface area (Å²) in [6.07, 6.45) is 5.32. The molecule has 14 heavy (non-hydrogen) atoms. The molecule has 0 aromatic rings. The first kappa shape index (κ1) is 13.4. The summed E-state index contributed by atoms with van der Waals surface area (Å²) in [6, 6.07) is 0. The van der Waals surface area contributed by atoms with Gasteiger partial charge in [-0.25, -0.2) is 5.48 Å². The average Bonchev–Trinajstić information content (AvgIpc) is 2.19. The summed E-state index contributed by atoms with van der Waals surface area (Å²) in [5, 5.41) is 8.35. The lowest BCUT2D eigenvalue weighted by molar-refractivity contribution is -0.134. The van der Waals surface area contributed by atoms with Gasteiger partial charge in [0.15, 0.2) is 0 Å². The van der Waals surface area contributed by atoms with Crippen LogP contribution in [0.1, 0.15) is 52.9 Å². The number of carbonyl (C=O) groups is 1. The van der Waals surface area contributed by atoms with Gasteiger partial charge in [0.1, 0.15) is 0 Å². The van der Waals surface area contributed by atoms with Gasteiger partial charge < -0.3 is 0 Å². The van der Waals surface area contributed by atoms with Crippen LogP contribution in [-0.4, -0.2) is 11.1 Å². The quantitative estimate of drug-likeness (QED) is 0.506. The number of hydroxylamine groups is 1. The van der Waals surface area contributed by atoms with E-state index in [9.17, 15) is 4.79 Å². The lowest BCUT2D eigenvalue weighted by Crippen LogP contribution is -2.30. The highest BCUT2D eigenvalue weighted by Crippen LogP contribution is 2.27. The third-order valence-electron chi connectivity index (χ3n) is 2.50. The Labute approximate surface area is 86.8 Å². The van der Waals surface area contributed by atoms with Crippen LogP contribution in [0.5, 0.6) is 0 Å². The van der Waals surface area contributed by atoms with Crippen molar-refractivity contribution in [1.29, 1.82) is 0 Å². The second kappa shape index (κ2) is 7.80. The van der Waals surface area contributed by atoms with Crippen LogP contribution in [0.2, 0.25) is 0 Å². The number of amides is 1. The normalized spacial score (nSPS) is 26.0. The zero-order valence-electron chi connectivity index (χ0n) is 9.55. The summed E-state index contributed by atoms with van der Waals surface area (Å²) in [5.74, 6) is 0.589. The van der Waals surface area contributed by atoms with Crippen LogP contribution in [0.15, 0.2) is 0 Å². The van der Waals surface area contributed by atoms with Gasteiger partial charge in [-0.1, -0.05) is 27.2 Å². The first-order valence-electron chi connectivity index (χ1n) is 5.59. The summed E-state index contributed by atoms with van der Waals surface area (Å²) in [5.41, 5.74) is 1.71. The third kappa shape index (κ3) is 5.22. The molecule has 0 aliphatic heterocycles. The molecule has 84 valence electrons. The van der Waals surface area contributed by atoms with E-state index in [-0.39, 0.29) is 11.8 Å². The Balaban J connectivity index is 0.000000500. The molecule has 0 heterocycles. The van der Waals surface area contributed by atoms with Crippen molar-refractivity contribution in [2.75, 3.05) is 0 Å². The summed E-state index contributed by atoms with van der Waals surface area (Å²) < 4.78 is 0. The monoisotopic (exact) mass is 201 g/mol. The summed E-state index contributed by atoms with van der Waals surface area (Å²) in [6.45, 7) is 6.45. The Morgan fingerprint density at radius 1 is 1.29 bits per heavy atom. The zero-order valence-corrected chi connectivity index (χ0v) is 9.55. The number of hydrogen-bond acceptors (Lipinski definition) is 2. The smallest absolute Gasteiger partial charge is 0.246 e. The van der Waals surface area contributed by atoms with Crippen molar-refractivity contribution < 1.29 is 10.0 Å². The molecule has 3 nitrogen and oxygen atoms in total. The van der Waals surface area contributed by atoms with E-state index < -0.39 is 0 Å². The van der Waals surface area contributed by atoms with E-state index in [0.717, 1.165) is 31.6 Å². The van der Waals surface area contributed by atoms with Crippen LogP contribution in [0.3, 0.4) is 0 Å². The van der Waals surface area contributed by atoms with Crippen LogP contribution in [0, 0.1) is 11.8 Å². The van der Waals surface area contributed by atoms with Gasteiger partial charge >= 0.3 is 0 Å². The fourth-order valence-electron chi connectivity index (χ4n) is 1.61. The van der Waals surface area contributed by atoms with E-state index in [1.165, 1.54) is 6.42 Å². The second-order valence-electron chi connectivity index (χ2n) is 4.14. The van der Waals surface area contributed by atoms with Gasteiger partial charge in [-0.15, -0.1) is 0 Å². The Morgan fingerprint density at radius 2 is 1.71 bits per heavy atom. The summed E-state index contributed by atoms with van der Waals surface area (Å²) in [4.78, 5) is 10.9. The zero-order chi connectivity index (χ0) is 11.0. The minimum Gasteiger partial charge on any atom is -0.289 e. The van der Waals surface area contributed by atoms with E-state index in [4.69, 9.17) is 5.21 Å². The molecule has 1 saturated carbocycles. The molecule has 1 aliphatic carbocycles. The highest BCUT2D eigenvalue weighted by atomic mass is 16.5. The van der Waals surface area contributed by atoms with Gasteiger partial charge in [0.25, 0.3) is 0 Å². The molecule has 1 aliphatic rings. The Bertz CT molecular complexity index is 151. The van der Waals surface area contributed by atoms with Gasteiger partial charge in [-0.05, 0) is 31.6 Å². The number of carbonyl (C=O) groups excluding carboxylic acids is 1. The van der Waals surface area contributed by atoms with Crippen LogP contribution in [-0.2, 0) is 4.79 Å². The van der Waals surface area contributed by atoms with Crippen molar-refractivity contribution in [2.24, 2.45) is 11.8 Å². The first-order valence-corrected chi connectivity index (χ1v) is 5.59. The molecule has 1 amide bonds. The highest BCUT2D eigenvalue weighted by molar-refractivity contribution is 5.77. The van der Waals surface area contributed by atoms with Crippen LogP contribution in [0.25, 0.3) is 0 Å². The highest BCUT2D eigenvalue weighted by Gasteiger charge is 2.23. The molecule has 1 rings (SSSR count). The maximum Gasteiger partial charge on any atom is 0.246 e. The predicted octanol–water partition coefficient (Wildman–Crippen LogP) is 2.73. The van der Waals surface area contributed by atoms with Gasteiger partial charge in [-0.3, -0.25) is 10.0 Å². The van der Waals surface area contributed by atoms with Crippen LogP contribution in [0.4, 0.5) is 0 Å². The molecule has 0 radical (unpaired) electrons. The molecular formula is C11H23NO2. The maximum absolute atomic E-state index is 10.9. The van der Waals surface area contributed by atoms with E-state index in [2.05, 4.69) is 20.8 Å². The summed E-state index contributed by atoms with van der Waals surface area (Å²) >= 11 is 0. The summed E-state index contributed by atoms with van der Waals surface area (Å²) in [7, 11) is 0. The third-order valence-corrected chi connectivity index (χ3v) is 2.50. The van der Waals surface area contributed by atoms with Gasteiger partial charge in [0.05, 0.1) is 0 Å². The molecule has 0 spiro atoms. The molecule has 2 N–H and O–H groups in total. The molecule has 1 fully saturated rings. The fourth-order valence-corrected chi connectivity index (χ4v) is 1.61. The average molecular weight is 201 g/mol. The Hall–Kier alpha value is -0.570. The number of rotatable bonds is 1. The predicted molar refractivity (Wildman–Crippen MR) is 57.0 cm³/mol. The molecule has 0 atom stereocenters. The molecule has 0 bridgehead atoms. The van der Waals surface area contributed by atoms with E-state index >= 15 is 0 Å². The van der Waals surface area contributed by atoms with Crippen molar-refractivity contribution in [1.82, 2.24) is 5.48 Å². The van der Waals surface area contributed by atoms with Gasteiger partial charge in [0, 0.05) is 5.92 Å². The SMILES string of the molecule is CC1CCC(C(=O)NO)CC1.CCC. The van der Waals surface area contributed by atoms with Crippen molar-refractivity contribution >= 4 is 5.91 Å². The number of nitrogens with one attached hydrogen (secondary N) is 1. The van der Waals surface area contributed by atoms with Crippen molar-refractivity contribution in [3.8, 4) is 0 Å². The van der Waals surface area contributed by atoms with Crippen LogP contribution >= 0.6 is 0 Å². The molecule has 3 heteroatoms. The Morgan fingerprint density at radius 3 is 2.07 bits per heavy atom. The minimum absolute atomic E-state index is 0.0520. The topological polar surface area (TPSA) is 49.3 Å². The molecule has 0 aromatic heterocycles. The molecule has 0 aromatic carbocycles. The second-order valence-corrected chi connectivity index (χ2v) is 4.14. The van der Waals surface area contributed by atoms with Crippen molar-refractivity contribution in [3.63, 3.8) is 0 Å². The van der Waals surface area contributed by atoms with Crippen molar-refractivity contribution in [3.05, 3.63) is 0 Å².